The highest BCUT2D eigenvalue weighted by Crippen LogP contribution is 2.45. The number of rotatable bonds is 5. The molecule has 43 heavy (non-hydrogen) atoms. The van der Waals surface area contributed by atoms with Crippen LogP contribution in [0.4, 0.5) is 24.8 Å². The topological polar surface area (TPSA) is 124 Å². The summed E-state index contributed by atoms with van der Waals surface area (Å²) < 4.78 is 78.4. The van der Waals surface area contributed by atoms with Crippen LogP contribution in [0, 0.1) is 5.82 Å². The van der Waals surface area contributed by atoms with E-state index in [0.717, 1.165) is 17.5 Å². The molecule has 0 bridgehead atoms. The lowest BCUT2D eigenvalue weighted by Gasteiger charge is -2.29. The number of aromatic nitrogens is 3. The number of alkyl halides is 2. The molecule has 1 saturated carbocycles. The predicted molar refractivity (Wildman–Crippen MR) is 148 cm³/mol. The Bertz CT molecular complexity index is 1890. The van der Waals surface area contributed by atoms with Crippen molar-refractivity contribution < 1.29 is 35.9 Å². The van der Waals surface area contributed by atoms with E-state index in [9.17, 15) is 26.4 Å². The number of fused-ring (bicyclic) bond motifs is 3. The number of hydrogen-bond acceptors (Lipinski definition) is 9. The zero-order chi connectivity index (χ0) is 29.9. The monoisotopic (exact) mass is 611 g/mol. The van der Waals surface area contributed by atoms with Crippen LogP contribution in [-0.4, -0.2) is 60.7 Å². The number of nitrogens with one attached hydrogen (secondary N) is 1. The van der Waals surface area contributed by atoms with Gasteiger partial charge in [-0.15, -0.1) is 0 Å². The van der Waals surface area contributed by atoms with Crippen molar-refractivity contribution in [3.63, 3.8) is 0 Å². The average Bonchev–Trinajstić information content (AvgIpc) is 3.76. The van der Waals surface area contributed by atoms with Crippen LogP contribution in [0.5, 0.6) is 5.75 Å². The van der Waals surface area contributed by atoms with Gasteiger partial charge in [0.15, 0.2) is 11.6 Å². The summed E-state index contributed by atoms with van der Waals surface area (Å²) in [4.78, 5) is 28.0. The molecule has 0 spiro atoms. The Labute approximate surface area is 243 Å². The van der Waals surface area contributed by atoms with Gasteiger partial charge in [0, 0.05) is 34.3 Å². The fourth-order valence-corrected chi connectivity index (χ4v) is 6.54. The third-order valence-corrected chi connectivity index (χ3v) is 9.45. The zero-order valence-corrected chi connectivity index (χ0v) is 23.3. The van der Waals surface area contributed by atoms with Gasteiger partial charge < -0.3 is 19.7 Å². The fraction of sp³-hybridized carbons (Fsp3) is 0.310. The maximum atomic E-state index is 14.7. The highest BCUT2D eigenvalue weighted by molar-refractivity contribution is 7.92. The number of hydrogen-bond donors (Lipinski definition) is 1. The van der Waals surface area contributed by atoms with Gasteiger partial charge in [-0.1, -0.05) is 0 Å². The second-order valence-corrected chi connectivity index (χ2v) is 12.6. The number of nitrogens with zero attached hydrogens (tertiary/aromatic N) is 4. The van der Waals surface area contributed by atoms with E-state index in [4.69, 9.17) is 14.5 Å². The third-order valence-electron chi connectivity index (χ3n) is 7.66. The molecule has 222 valence electrons. The molecule has 1 N–H and O–H groups in total. The maximum Gasteiger partial charge on any atom is 0.251 e. The highest BCUT2D eigenvalue weighted by atomic mass is 32.2. The van der Waals surface area contributed by atoms with Crippen LogP contribution in [0.1, 0.15) is 39.6 Å². The van der Waals surface area contributed by atoms with E-state index in [2.05, 4.69) is 15.3 Å². The largest absolute Gasteiger partial charge is 0.488 e. The molecule has 0 saturated heterocycles. The van der Waals surface area contributed by atoms with Crippen molar-refractivity contribution in [1.29, 1.82) is 0 Å². The smallest absolute Gasteiger partial charge is 0.251 e. The summed E-state index contributed by atoms with van der Waals surface area (Å²) in [5.74, 6) is -0.191. The Kier molecular flexibility index (Phi) is 6.69. The molecule has 7 rings (SSSR count). The van der Waals surface area contributed by atoms with E-state index in [0.29, 0.717) is 53.9 Å². The lowest BCUT2D eigenvalue weighted by Crippen LogP contribution is -2.30. The van der Waals surface area contributed by atoms with Gasteiger partial charge in [0.1, 0.15) is 24.4 Å². The van der Waals surface area contributed by atoms with E-state index in [-0.39, 0.29) is 23.6 Å². The van der Waals surface area contributed by atoms with Gasteiger partial charge in [-0.25, -0.2) is 31.6 Å². The van der Waals surface area contributed by atoms with Crippen LogP contribution in [0.15, 0.2) is 53.6 Å². The second-order valence-electron chi connectivity index (χ2n) is 10.5. The van der Waals surface area contributed by atoms with Crippen molar-refractivity contribution >= 4 is 38.3 Å². The van der Waals surface area contributed by atoms with Crippen LogP contribution < -0.4 is 15.0 Å². The minimum Gasteiger partial charge on any atom is -0.488 e. The van der Waals surface area contributed by atoms with Crippen molar-refractivity contribution in [2.45, 2.75) is 42.1 Å². The number of sulfone groups is 1. The summed E-state index contributed by atoms with van der Waals surface area (Å²) in [6.07, 6.45) is 1.18. The van der Waals surface area contributed by atoms with E-state index in [1.54, 1.807) is 24.4 Å². The first kappa shape index (κ1) is 27.5. The number of carbonyl (C=O) groups excluding carboxylic acids is 1. The first-order valence-corrected chi connectivity index (χ1v) is 15.1. The van der Waals surface area contributed by atoms with Crippen LogP contribution in [0.3, 0.4) is 0 Å². The summed E-state index contributed by atoms with van der Waals surface area (Å²) in [6, 6.07) is 10.8. The van der Waals surface area contributed by atoms with Crippen LogP contribution in [0.25, 0.3) is 10.9 Å². The number of pyridine rings is 3. The molecule has 5 heterocycles. The van der Waals surface area contributed by atoms with E-state index in [1.165, 1.54) is 0 Å². The van der Waals surface area contributed by atoms with Gasteiger partial charge in [-0.2, -0.15) is 0 Å². The number of benzene rings is 1. The summed E-state index contributed by atoms with van der Waals surface area (Å²) in [5, 5.41) is 3.35. The Hall–Kier alpha value is -4.30. The molecule has 10 nitrogen and oxygen atoms in total. The number of halogens is 3. The molecular formula is C29H24F3N5O5S. The van der Waals surface area contributed by atoms with E-state index >= 15 is 0 Å². The number of anilines is 2. The molecule has 0 radical (unpaired) electrons. The highest BCUT2D eigenvalue weighted by Gasteiger charge is 2.41. The lowest BCUT2D eigenvalue weighted by atomic mass is 10.1. The number of carbonyl (C=O) groups is 1. The van der Waals surface area contributed by atoms with Crippen molar-refractivity contribution in [2.24, 2.45) is 0 Å². The molecule has 1 aromatic carbocycles. The van der Waals surface area contributed by atoms with Gasteiger partial charge in [-0.05, 0) is 48.9 Å². The molecule has 1 aliphatic carbocycles. The second kappa shape index (κ2) is 10.5. The van der Waals surface area contributed by atoms with Gasteiger partial charge in [0.2, 0.25) is 15.3 Å². The normalized spacial score (nSPS) is 22.2. The standard InChI is InChI=1S/C29H24F3N5O5S/c30-20-7-16(8-25-19(20)13-41-14-26(32)43(25,39)40)29(38)34-12-17-9-23-15(11-33-17)1-4-27(35-23)37-5-6-42-24-3-2-22(36-28(24)37)18-10-21(18)31/h1-4,7-9,11,18,21,26H,5-6,10,12-14H2,(H,34,38)/t18-,21-,26+/m0/s1. The minimum absolute atomic E-state index is 0.0714. The summed E-state index contributed by atoms with van der Waals surface area (Å²) in [5.41, 5.74) is -1.26. The zero-order valence-electron chi connectivity index (χ0n) is 22.5. The van der Waals surface area contributed by atoms with E-state index in [1.807, 2.05) is 17.0 Å². The van der Waals surface area contributed by atoms with Crippen molar-refractivity contribution in [1.82, 2.24) is 20.3 Å². The quantitative estimate of drug-likeness (QED) is 0.356. The molecule has 14 heteroatoms. The Morgan fingerprint density at radius 3 is 2.77 bits per heavy atom. The summed E-state index contributed by atoms with van der Waals surface area (Å²) >= 11 is 0. The summed E-state index contributed by atoms with van der Waals surface area (Å²) in [6.45, 7) is -0.318. The Balaban J connectivity index is 1.12. The minimum atomic E-state index is -4.53. The number of amides is 1. The number of ether oxygens (including phenoxy) is 2. The fourth-order valence-electron chi connectivity index (χ4n) is 5.19. The lowest BCUT2D eigenvalue weighted by molar-refractivity contribution is 0.0938. The Morgan fingerprint density at radius 1 is 1.12 bits per heavy atom. The van der Waals surface area contributed by atoms with Crippen LogP contribution >= 0.6 is 0 Å². The molecule has 3 aromatic heterocycles. The molecule has 2 aliphatic heterocycles. The first-order chi connectivity index (χ1) is 20.7. The average molecular weight is 612 g/mol. The van der Waals surface area contributed by atoms with Crippen molar-refractivity contribution in [2.75, 3.05) is 24.7 Å². The van der Waals surface area contributed by atoms with Gasteiger partial charge in [0.25, 0.3) is 5.91 Å². The van der Waals surface area contributed by atoms with Gasteiger partial charge in [0.05, 0.1) is 42.4 Å². The maximum absolute atomic E-state index is 14.7. The summed E-state index contributed by atoms with van der Waals surface area (Å²) in [7, 11) is -4.53. The molecular weight excluding hydrogens is 587 g/mol. The van der Waals surface area contributed by atoms with Crippen molar-refractivity contribution in [3.05, 3.63) is 77.0 Å². The molecule has 4 aromatic rings. The van der Waals surface area contributed by atoms with Crippen LogP contribution in [0.2, 0.25) is 0 Å². The molecule has 0 unspecified atom stereocenters. The molecule has 1 amide bonds. The third kappa shape index (κ3) is 5.03. The van der Waals surface area contributed by atoms with Crippen molar-refractivity contribution in [3.8, 4) is 5.75 Å². The molecule has 3 atom stereocenters. The molecule has 3 aliphatic rings. The van der Waals surface area contributed by atoms with E-state index < -0.39 is 51.3 Å². The van der Waals surface area contributed by atoms with Gasteiger partial charge in [-0.3, -0.25) is 9.78 Å². The van der Waals surface area contributed by atoms with Gasteiger partial charge >= 0.3 is 0 Å². The SMILES string of the molecule is O=C(NCc1cc2nc(N3CCOc4ccc([C@H]5C[C@@H]5F)nc43)ccc2cn1)c1cc(F)c2c(c1)S(=O)(=O)[C@@H](F)COC2. The predicted octanol–water partition coefficient (Wildman–Crippen LogP) is 4.05. The van der Waals surface area contributed by atoms with Crippen LogP contribution in [-0.2, 0) is 27.7 Å². The first-order valence-electron chi connectivity index (χ1n) is 13.6. The molecule has 1 fully saturated rings. The Morgan fingerprint density at radius 2 is 1.95 bits per heavy atom.